The van der Waals surface area contributed by atoms with E-state index in [1.54, 1.807) is 6.92 Å². The van der Waals surface area contributed by atoms with Gasteiger partial charge >= 0.3 is 0 Å². The summed E-state index contributed by atoms with van der Waals surface area (Å²) in [7, 11) is 0. The molecular formula is C13H26F2N2. The molecule has 0 aromatic rings. The molecule has 102 valence electrons. The topological polar surface area (TPSA) is 6.48 Å². The lowest BCUT2D eigenvalue weighted by Crippen LogP contribution is -2.52. The van der Waals surface area contributed by atoms with Crippen LogP contribution in [0.25, 0.3) is 0 Å². The molecular weight excluding hydrogens is 222 g/mol. The summed E-state index contributed by atoms with van der Waals surface area (Å²) in [6.07, 6.45) is -0.0610. The van der Waals surface area contributed by atoms with Gasteiger partial charge in [0.2, 0.25) is 5.92 Å². The Balaban J connectivity index is 2.38. The van der Waals surface area contributed by atoms with Crippen LogP contribution in [-0.2, 0) is 0 Å². The van der Waals surface area contributed by atoms with Crippen LogP contribution in [0.4, 0.5) is 8.78 Å². The zero-order valence-electron chi connectivity index (χ0n) is 11.5. The zero-order valence-corrected chi connectivity index (χ0v) is 11.5. The standard InChI is InChI=1S/C13H26F2N2/c1-5-13(14,15)10-12(4)17-8-6-16(7-9-17)11(2)3/h11-12H,5-10H2,1-4H3. The highest BCUT2D eigenvalue weighted by molar-refractivity contribution is 4.81. The van der Waals surface area contributed by atoms with Gasteiger partial charge in [0.25, 0.3) is 0 Å². The van der Waals surface area contributed by atoms with Crippen LogP contribution in [0.1, 0.15) is 40.5 Å². The van der Waals surface area contributed by atoms with Crippen molar-refractivity contribution < 1.29 is 8.78 Å². The maximum atomic E-state index is 13.3. The first-order chi connectivity index (χ1) is 7.85. The highest BCUT2D eigenvalue weighted by Crippen LogP contribution is 2.26. The Labute approximate surface area is 104 Å². The Morgan fingerprint density at radius 3 is 1.88 bits per heavy atom. The third kappa shape index (κ3) is 4.51. The molecule has 0 aliphatic carbocycles. The van der Waals surface area contributed by atoms with E-state index in [4.69, 9.17) is 0 Å². The minimum atomic E-state index is -2.51. The summed E-state index contributed by atoms with van der Waals surface area (Å²) in [5, 5.41) is 0. The lowest BCUT2D eigenvalue weighted by atomic mass is 10.1. The number of hydrogen-bond acceptors (Lipinski definition) is 2. The van der Waals surface area contributed by atoms with Gasteiger partial charge in [0, 0.05) is 51.1 Å². The van der Waals surface area contributed by atoms with Gasteiger partial charge in [-0.25, -0.2) is 8.78 Å². The van der Waals surface area contributed by atoms with Crippen LogP contribution >= 0.6 is 0 Å². The molecule has 0 saturated carbocycles. The van der Waals surface area contributed by atoms with Crippen LogP contribution in [0.2, 0.25) is 0 Å². The lowest BCUT2D eigenvalue weighted by Gasteiger charge is -2.40. The summed E-state index contributed by atoms with van der Waals surface area (Å²) in [5.74, 6) is -2.51. The molecule has 1 fully saturated rings. The number of halogens is 2. The summed E-state index contributed by atoms with van der Waals surface area (Å²) >= 11 is 0. The average molecular weight is 248 g/mol. The summed E-state index contributed by atoms with van der Waals surface area (Å²) in [6, 6.07) is 0.545. The molecule has 1 saturated heterocycles. The number of piperazine rings is 1. The van der Waals surface area contributed by atoms with Gasteiger partial charge < -0.3 is 0 Å². The van der Waals surface area contributed by atoms with E-state index in [1.165, 1.54) is 0 Å². The van der Waals surface area contributed by atoms with E-state index in [1.807, 2.05) is 6.92 Å². The lowest BCUT2D eigenvalue weighted by molar-refractivity contribution is -0.0401. The fourth-order valence-corrected chi connectivity index (χ4v) is 2.40. The second kappa shape index (κ2) is 6.10. The summed E-state index contributed by atoms with van der Waals surface area (Å²) in [5.41, 5.74) is 0. The van der Waals surface area contributed by atoms with Crippen LogP contribution in [0.5, 0.6) is 0 Å². The predicted molar refractivity (Wildman–Crippen MR) is 67.6 cm³/mol. The fraction of sp³-hybridized carbons (Fsp3) is 1.00. The number of hydrogen-bond donors (Lipinski definition) is 0. The quantitative estimate of drug-likeness (QED) is 0.738. The Kier molecular flexibility index (Phi) is 5.32. The summed E-state index contributed by atoms with van der Waals surface area (Å²) < 4.78 is 26.7. The van der Waals surface area contributed by atoms with Gasteiger partial charge in [0.15, 0.2) is 0 Å². The molecule has 17 heavy (non-hydrogen) atoms. The zero-order chi connectivity index (χ0) is 13.1. The molecule has 1 heterocycles. The molecule has 0 spiro atoms. The maximum Gasteiger partial charge on any atom is 0.249 e. The number of rotatable bonds is 5. The molecule has 0 radical (unpaired) electrons. The molecule has 0 aromatic carbocycles. The molecule has 1 aliphatic heterocycles. The van der Waals surface area contributed by atoms with E-state index in [0.717, 1.165) is 26.2 Å². The molecule has 0 amide bonds. The van der Waals surface area contributed by atoms with E-state index >= 15 is 0 Å². The average Bonchev–Trinajstić information content (AvgIpc) is 2.28. The van der Waals surface area contributed by atoms with Crippen molar-refractivity contribution in [1.29, 1.82) is 0 Å². The van der Waals surface area contributed by atoms with Crippen molar-refractivity contribution in [3.63, 3.8) is 0 Å². The Morgan fingerprint density at radius 1 is 1.00 bits per heavy atom. The SMILES string of the molecule is CCC(F)(F)CC(C)N1CCN(C(C)C)CC1. The first-order valence-corrected chi connectivity index (χ1v) is 6.71. The molecule has 2 nitrogen and oxygen atoms in total. The van der Waals surface area contributed by atoms with Gasteiger partial charge in [-0.1, -0.05) is 6.92 Å². The Morgan fingerprint density at radius 2 is 1.47 bits per heavy atom. The van der Waals surface area contributed by atoms with Crippen molar-refractivity contribution in [3.8, 4) is 0 Å². The first kappa shape index (κ1) is 14.8. The molecule has 1 unspecified atom stereocenters. The summed E-state index contributed by atoms with van der Waals surface area (Å²) in [6.45, 7) is 11.7. The Hall–Kier alpha value is -0.220. The van der Waals surface area contributed by atoms with Crippen molar-refractivity contribution in [2.45, 2.75) is 58.5 Å². The summed E-state index contributed by atoms with van der Waals surface area (Å²) in [4.78, 5) is 4.60. The van der Waals surface area contributed by atoms with Crippen LogP contribution in [-0.4, -0.2) is 54.0 Å². The van der Waals surface area contributed by atoms with E-state index in [0.29, 0.717) is 6.04 Å². The number of alkyl halides is 2. The van der Waals surface area contributed by atoms with Gasteiger partial charge in [-0.05, 0) is 20.8 Å². The van der Waals surface area contributed by atoms with Gasteiger partial charge in [0.1, 0.15) is 0 Å². The van der Waals surface area contributed by atoms with Crippen molar-refractivity contribution in [2.75, 3.05) is 26.2 Å². The number of nitrogens with zero attached hydrogens (tertiary/aromatic N) is 2. The van der Waals surface area contributed by atoms with Crippen molar-refractivity contribution in [3.05, 3.63) is 0 Å². The molecule has 1 atom stereocenters. The third-order valence-corrected chi connectivity index (χ3v) is 3.81. The van der Waals surface area contributed by atoms with Crippen LogP contribution in [0.15, 0.2) is 0 Å². The molecule has 0 aromatic heterocycles. The second-order valence-corrected chi connectivity index (χ2v) is 5.43. The molecule has 0 N–H and O–H groups in total. The van der Waals surface area contributed by atoms with Crippen molar-refractivity contribution in [2.24, 2.45) is 0 Å². The first-order valence-electron chi connectivity index (χ1n) is 6.71. The third-order valence-electron chi connectivity index (χ3n) is 3.81. The molecule has 0 bridgehead atoms. The van der Waals surface area contributed by atoms with E-state index in [-0.39, 0.29) is 18.9 Å². The van der Waals surface area contributed by atoms with E-state index < -0.39 is 5.92 Å². The molecule has 1 rings (SSSR count). The van der Waals surface area contributed by atoms with Gasteiger partial charge in [0.05, 0.1) is 0 Å². The van der Waals surface area contributed by atoms with Crippen molar-refractivity contribution >= 4 is 0 Å². The monoisotopic (exact) mass is 248 g/mol. The minimum absolute atomic E-state index is 0.00875. The smallest absolute Gasteiger partial charge is 0.249 e. The van der Waals surface area contributed by atoms with Crippen LogP contribution in [0, 0.1) is 0 Å². The highest BCUT2D eigenvalue weighted by Gasteiger charge is 2.32. The van der Waals surface area contributed by atoms with Gasteiger partial charge in [-0.3, -0.25) is 9.80 Å². The predicted octanol–water partition coefficient (Wildman–Crippen LogP) is 2.84. The Bertz CT molecular complexity index is 223. The van der Waals surface area contributed by atoms with Crippen LogP contribution < -0.4 is 0 Å². The highest BCUT2D eigenvalue weighted by atomic mass is 19.3. The van der Waals surface area contributed by atoms with Gasteiger partial charge in [-0.15, -0.1) is 0 Å². The van der Waals surface area contributed by atoms with Gasteiger partial charge in [-0.2, -0.15) is 0 Å². The molecule has 1 aliphatic rings. The maximum absolute atomic E-state index is 13.3. The molecule has 4 heteroatoms. The normalized spacial score (nSPS) is 22.1. The van der Waals surface area contributed by atoms with Crippen LogP contribution in [0.3, 0.4) is 0 Å². The minimum Gasteiger partial charge on any atom is -0.298 e. The van der Waals surface area contributed by atoms with Crippen molar-refractivity contribution in [1.82, 2.24) is 9.80 Å². The second-order valence-electron chi connectivity index (χ2n) is 5.43. The van der Waals surface area contributed by atoms with E-state index in [2.05, 4.69) is 23.6 Å². The van der Waals surface area contributed by atoms with E-state index in [9.17, 15) is 8.78 Å². The largest absolute Gasteiger partial charge is 0.298 e. The fourth-order valence-electron chi connectivity index (χ4n) is 2.40.